The van der Waals surface area contributed by atoms with Gasteiger partial charge in [0, 0.05) is 24.7 Å². The molecule has 4 nitrogen and oxygen atoms in total. The fourth-order valence-corrected chi connectivity index (χ4v) is 4.52. The number of rotatable bonds is 4. The molecule has 0 bridgehead atoms. The molecule has 0 saturated carbocycles. The van der Waals surface area contributed by atoms with E-state index in [0.29, 0.717) is 13.2 Å². The van der Waals surface area contributed by atoms with Crippen molar-refractivity contribution in [3.8, 4) is 0 Å². The first-order valence-electron chi connectivity index (χ1n) is 6.40. The summed E-state index contributed by atoms with van der Waals surface area (Å²) in [6, 6.07) is 3.59. The highest BCUT2D eigenvalue weighted by Gasteiger charge is 2.26. The minimum atomic E-state index is -3.62. The minimum Gasteiger partial charge on any atom is -0.381 e. The second-order valence-corrected chi connectivity index (χ2v) is 7.81. The van der Waals surface area contributed by atoms with Gasteiger partial charge in [-0.1, -0.05) is 0 Å². The number of hydrogen-bond donors (Lipinski definition) is 0. The second-order valence-electron chi connectivity index (χ2n) is 4.94. The molecule has 1 aromatic rings. The van der Waals surface area contributed by atoms with Gasteiger partial charge in [0.05, 0.1) is 11.5 Å². The molecule has 1 heterocycles. The third kappa shape index (κ3) is 3.58. The van der Waals surface area contributed by atoms with Gasteiger partial charge in [-0.25, -0.2) is 17.1 Å². The average molecular weight is 366 g/mol. The van der Waals surface area contributed by atoms with Crippen molar-refractivity contribution in [3.63, 3.8) is 0 Å². The molecule has 2 rings (SSSR count). The lowest BCUT2D eigenvalue weighted by atomic mass is 10.0. The largest absolute Gasteiger partial charge is 0.381 e. The van der Waals surface area contributed by atoms with E-state index in [2.05, 4.69) is 15.9 Å². The Balaban J connectivity index is 2.16. The van der Waals surface area contributed by atoms with Crippen molar-refractivity contribution >= 4 is 26.0 Å². The van der Waals surface area contributed by atoms with E-state index in [9.17, 15) is 12.8 Å². The van der Waals surface area contributed by atoms with E-state index in [1.807, 2.05) is 0 Å². The number of halogens is 2. The van der Waals surface area contributed by atoms with Crippen LogP contribution in [-0.4, -0.2) is 39.5 Å². The molecular formula is C13H17BrFNO3S. The van der Waals surface area contributed by atoms with Crippen LogP contribution in [0.25, 0.3) is 0 Å². The van der Waals surface area contributed by atoms with Crippen molar-refractivity contribution < 1.29 is 17.5 Å². The van der Waals surface area contributed by atoms with Crippen LogP contribution in [0.15, 0.2) is 27.6 Å². The monoisotopic (exact) mass is 365 g/mol. The molecule has 1 aromatic carbocycles. The van der Waals surface area contributed by atoms with Crippen molar-refractivity contribution in [1.82, 2.24) is 4.31 Å². The van der Waals surface area contributed by atoms with Gasteiger partial charge >= 0.3 is 0 Å². The molecule has 0 radical (unpaired) electrons. The Kier molecular flexibility index (Phi) is 5.17. The van der Waals surface area contributed by atoms with Crippen molar-refractivity contribution in [3.05, 3.63) is 28.5 Å². The van der Waals surface area contributed by atoms with Gasteiger partial charge < -0.3 is 4.74 Å². The highest BCUT2D eigenvalue weighted by Crippen LogP contribution is 2.26. The number of ether oxygens (including phenoxy) is 1. The van der Waals surface area contributed by atoms with E-state index in [1.165, 1.54) is 10.4 Å². The lowest BCUT2D eigenvalue weighted by molar-refractivity contribution is 0.0495. The third-order valence-electron chi connectivity index (χ3n) is 3.35. The fourth-order valence-electron chi connectivity index (χ4n) is 2.27. The highest BCUT2D eigenvalue weighted by molar-refractivity contribution is 9.10. The van der Waals surface area contributed by atoms with Crippen LogP contribution in [0.1, 0.15) is 12.8 Å². The molecule has 1 aliphatic heterocycles. The Labute approximate surface area is 127 Å². The standard InChI is InChI=1S/C13H17BrFNO3S/c1-16(8-10-3-2-6-19-9-10)20(17,18)13-5-4-11(15)7-12(13)14/h4-5,7,10H,2-3,6,8-9H2,1H3. The van der Waals surface area contributed by atoms with E-state index >= 15 is 0 Å². The minimum absolute atomic E-state index is 0.0816. The summed E-state index contributed by atoms with van der Waals surface area (Å²) in [7, 11) is -2.08. The highest BCUT2D eigenvalue weighted by atomic mass is 79.9. The molecule has 0 aliphatic carbocycles. The van der Waals surface area contributed by atoms with Crippen molar-refractivity contribution in [1.29, 1.82) is 0 Å². The van der Waals surface area contributed by atoms with Gasteiger partial charge in [0.2, 0.25) is 10.0 Å². The van der Waals surface area contributed by atoms with Crippen LogP contribution < -0.4 is 0 Å². The molecule has 1 aliphatic rings. The summed E-state index contributed by atoms with van der Waals surface area (Å²) in [5, 5.41) is 0. The van der Waals surface area contributed by atoms with Crippen LogP contribution in [0.2, 0.25) is 0 Å². The smallest absolute Gasteiger partial charge is 0.243 e. The second kappa shape index (κ2) is 6.51. The number of benzene rings is 1. The fraction of sp³-hybridized carbons (Fsp3) is 0.538. The summed E-state index contributed by atoms with van der Waals surface area (Å²) in [6.07, 6.45) is 1.92. The molecule has 112 valence electrons. The molecule has 1 fully saturated rings. The Bertz CT molecular complexity index is 573. The van der Waals surface area contributed by atoms with Crippen molar-refractivity contribution in [2.75, 3.05) is 26.8 Å². The average Bonchev–Trinajstić information content (AvgIpc) is 2.39. The zero-order valence-corrected chi connectivity index (χ0v) is 13.6. The first kappa shape index (κ1) is 15.9. The van der Waals surface area contributed by atoms with E-state index in [4.69, 9.17) is 4.74 Å². The van der Waals surface area contributed by atoms with E-state index in [0.717, 1.165) is 31.6 Å². The molecule has 1 saturated heterocycles. The zero-order valence-electron chi connectivity index (χ0n) is 11.2. The molecule has 0 spiro atoms. The Hall–Kier alpha value is -0.500. The van der Waals surface area contributed by atoms with Crippen LogP contribution in [-0.2, 0) is 14.8 Å². The molecule has 1 unspecified atom stereocenters. The predicted molar refractivity (Wildman–Crippen MR) is 77.5 cm³/mol. The van der Waals surface area contributed by atoms with E-state index < -0.39 is 15.8 Å². The molecule has 0 amide bonds. The van der Waals surface area contributed by atoms with E-state index in [-0.39, 0.29) is 15.3 Å². The van der Waals surface area contributed by atoms with Crippen LogP contribution in [0.5, 0.6) is 0 Å². The summed E-state index contributed by atoms with van der Waals surface area (Å²) in [5.74, 6) is -0.262. The van der Waals surface area contributed by atoms with Gasteiger partial charge in [0.15, 0.2) is 0 Å². The normalized spacial score (nSPS) is 20.3. The number of nitrogens with zero attached hydrogens (tertiary/aromatic N) is 1. The topological polar surface area (TPSA) is 46.6 Å². The van der Waals surface area contributed by atoms with Crippen LogP contribution in [0, 0.1) is 11.7 Å². The molecular weight excluding hydrogens is 349 g/mol. The Morgan fingerprint density at radius 1 is 1.50 bits per heavy atom. The summed E-state index contributed by atoms with van der Waals surface area (Å²) < 4.78 is 44.9. The van der Waals surface area contributed by atoms with Gasteiger partial charge in [0.25, 0.3) is 0 Å². The van der Waals surface area contributed by atoms with Crippen LogP contribution in [0.4, 0.5) is 4.39 Å². The molecule has 0 aromatic heterocycles. The quantitative estimate of drug-likeness (QED) is 0.823. The lowest BCUT2D eigenvalue weighted by Crippen LogP contribution is -2.35. The van der Waals surface area contributed by atoms with Gasteiger partial charge in [-0.3, -0.25) is 0 Å². The maximum atomic E-state index is 13.1. The molecule has 0 N–H and O–H groups in total. The lowest BCUT2D eigenvalue weighted by Gasteiger charge is -2.27. The molecule has 7 heteroatoms. The van der Waals surface area contributed by atoms with E-state index in [1.54, 1.807) is 7.05 Å². The first-order chi connectivity index (χ1) is 9.41. The molecule has 20 heavy (non-hydrogen) atoms. The number of sulfonamides is 1. The zero-order chi connectivity index (χ0) is 14.8. The number of hydrogen-bond acceptors (Lipinski definition) is 3. The maximum Gasteiger partial charge on any atom is 0.243 e. The van der Waals surface area contributed by atoms with Gasteiger partial charge in [0.1, 0.15) is 5.82 Å². The van der Waals surface area contributed by atoms with Gasteiger partial charge in [-0.2, -0.15) is 0 Å². The third-order valence-corrected chi connectivity index (χ3v) is 6.15. The summed E-state index contributed by atoms with van der Waals surface area (Å²) in [5.41, 5.74) is 0. The first-order valence-corrected chi connectivity index (χ1v) is 8.63. The Morgan fingerprint density at radius 3 is 2.85 bits per heavy atom. The predicted octanol–water partition coefficient (Wildman–Crippen LogP) is 2.64. The van der Waals surface area contributed by atoms with Crippen LogP contribution in [0.3, 0.4) is 0 Å². The van der Waals surface area contributed by atoms with Crippen LogP contribution >= 0.6 is 15.9 Å². The van der Waals surface area contributed by atoms with Gasteiger partial charge in [-0.05, 0) is 52.9 Å². The van der Waals surface area contributed by atoms with Crippen molar-refractivity contribution in [2.45, 2.75) is 17.7 Å². The molecule has 1 atom stereocenters. The Morgan fingerprint density at radius 2 is 2.25 bits per heavy atom. The van der Waals surface area contributed by atoms with Gasteiger partial charge in [-0.15, -0.1) is 0 Å². The summed E-state index contributed by atoms with van der Waals surface area (Å²) in [4.78, 5) is 0.0816. The summed E-state index contributed by atoms with van der Waals surface area (Å²) in [6.45, 7) is 1.74. The SMILES string of the molecule is CN(CC1CCCOC1)S(=O)(=O)c1ccc(F)cc1Br. The summed E-state index contributed by atoms with van der Waals surface area (Å²) >= 11 is 3.11. The maximum absolute atomic E-state index is 13.1. The van der Waals surface area contributed by atoms with Crippen molar-refractivity contribution in [2.24, 2.45) is 5.92 Å².